The van der Waals surface area contributed by atoms with Crippen LogP contribution in [0.2, 0.25) is 18.1 Å². The third-order valence-electron chi connectivity index (χ3n) is 5.82. The molecule has 1 saturated heterocycles. The monoisotopic (exact) mass is 360 g/mol. The smallest absolute Gasteiger partial charge is 0.192 e. The number of nitrogens with two attached hydrogens (primary N) is 1. The Morgan fingerprint density at radius 2 is 1.84 bits per heavy atom. The topological polar surface area (TPSA) is 56.3 Å². The minimum absolute atomic E-state index is 0.264. The normalized spacial score (nSPS) is 17.4. The summed E-state index contributed by atoms with van der Waals surface area (Å²) in [5, 5.41) is 5.85. The number of piperidine rings is 1. The van der Waals surface area contributed by atoms with Gasteiger partial charge in [-0.3, -0.25) is 4.68 Å². The summed E-state index contributed by atoms with van der Waals surface area (Å²) in [5.41, 5.74) is 9.21. The Balaban J connectivity index is 1.69. The van der Waals surface area contributed by atoms with Crippen molar-refractivity contribution >= 4 is 30.6 Å². The van der Waals surface area contributed by atoms with Gasteiger partial charge in [0.15, 0.2) is 8.32 Å². The Hall–Kier alpha value is -1.53. The molecule has 0 saturated carbocycles. The van der Waals surface area contributed by atoms with Crippen LogP contribution in [0.25, 0.3) is 10.9 Å². The molecule has 138 valence electrons. The molecule has 6 heteroatoms. The minimum atomic E-state index is -1.69. The van der Waals surface area contributed by atoms with Crippen molar-refractivity contribution in [1.82, 2.24) is 9.78 Å². The van der Waals surface area contributed by atoms with Gasteiger partial charge >= 0.3 is 0 Å². The van der Waals surface area contributed by atoms with Crippen molar-refractivity contribution in [3.8, 4) is 0 Å². The largest absolute Gasteiger partial charge is 0.414 e. The second-order valence-electron chi connectivity index (χ2n) is 8.84. The van der Waals surface area contributed by atoms with E-state index in [0.717, 1.165) is 48.2 Å². The molecule has 1 aromatic carbocycles. The number of rotatable bonds is 3. The summed E-state index contributed by atoms with van der Waals surface area (Å²) in [6.07, 6.45) is 4.56. The average molecular weight is 361 g/mol. The highest BCUT2D eigenvalue weighted by molar-refractivity contribution is 6.74. The maximum atomic E-state index is 6.60. The van der Waals surface area contributed by atoms with Crippen LogP contribution in [-0.4, -0.2) is 37.3 Å². The van der Waals surface area contributed by atoms with Gasteiger partial charge in [-0.25, -0.2) is 0 Å². The molecule has 3 rings (SSSR count). The van der Waals surface area contributed by atoms with Gasteiger partial charge in [-0.2, -0.15) is 5.10 Å². The lowest BCUT2D eigenvalue weighted by atomic mass is 10.1. The molecule has 5 nitrogen and oxygen atoms in total. The quantitative estimate of drug-likeness (QED) is 0.660. The van der Waals surface area contributed by atoms with E-state index in [0.29, 0.717) is 6.10 Å². The Morgan fingerprint density at radius 3 is 2.44 bits per heavy atom. The van der Waals surface area contributed by atoms with Crippen LogP contribution in [0.1, 0.15) is 33.6 Å². The molecule has 1 aromatic heterocycles. The van der Waals surface area contributed by atoms with Crippen LogP contribution in [-0.2, 0) is 11.5 Å². The van der Waals surface area contributed by atoms with E-state index in [1.54, 1.807) is 0 Å². The van der Waals surface area contributed by atoms with Gasteiger partial charge in [0, 0.05) is 37.8 Å². The third-order valence-corrected chi connectivity index (χ3v) is 10.4. The van der Waals surface area contributed by atoms with Crippen LogP contribution < -0.4 is 10.6 Å². The first-order chi connectivity index (χ1) is 11.6. The summed E-state index contributed by atoms with van der Waals surface area (Å²) in [5.74, 6) is 0. The van der Waals surface area contributed by atoms with Gasteiger partial charge in [-0.1, -0.05) is 20.8 Å². The number of benzene rings is 1. The Bertz CT molecular complexity index is 755. The standard InChI is InChI=1S/C19H32N4OSi/c1-19(2,3)25(5,6)24-15-7-9-23(10-8-15)18-11-14-13-22(4)21-17(14)12-16(18)20/h11-13,15H,7-10,20H2,1-6H3. The van der Waals surface area contributed by atoms with Crippen molar-refractivity contribution in [2.75, 3.05) is 23.7 Å². The summed E-state index contributed by atoms with van der Waals surface area (Å²) in [6, 6.07) is 4.16. The van der Waals surface area contributed by atoms with Crippen molar-refractivity contribution in [3.05, 3.63) is 18.3 Å². The second kappa shape index (κ2) is 6.32. The van der Waals surface area contributed by atoms with Crippen LogP contribution in [0.3, 0.4) is 0 Å². The first-order valence-corrected chi connectivity index (χ1v) is 12.1. The average Bonchev–Trinajstić information content (AvgIpc) is 2.85. The molecular weight excluding hydrogens is 328 g/mol. The fraction of sp³-hybridized carbons (Fsp3) is 0.632. The lowest BCUT2D eigenvalue weighted by Gasteiger charge is -2.42. The van der Waals surface area contributed by atoms with E-state index in [-0.39, 0.29) is 5.04 Å². The Labute approximate surface area is 152 Å². The lowest BCUT2D eigenvalue weighted by Crippen LogP contribution is -2.47. The van der Waals surface area contributed by atoms with Crippen molar-refractivity contribution in [1.29, 1.82) is 0 Å². The highest BCUT2D eigenvalue weighted by Crippen LogP contribution is 2.39. The minimum Gasteiger partial charge on any atom is -0.414 e. The van der Waals surface area contributed by atoms with Crippen LogP contribution in [0, 0.1) is 0 Å². The lowest BCUT2D eigenvalue weighted by molar-refractivity contribution is 0.152. The summed E-state index contributed by atoms with van der Waals surface area (Å²) in [4.78, 5) is 2.40. The van der Waals surface area contributed by atoms with Crippen molar-refractivity contribution < 1.29 is 4.43 Å². The molecule has 25 heavy (non-hydrogen) atoms. The number of aromatic nitrogens is 2. The molecule has 2 N–H and O–H groups in total. The predicted molar refractivity (Wildman–Crippen MR) is 109 cm³/mol. The highest BCUT2D eigenvalue weighted by atomic mass is 28.4. The van der Waals surface area contributed by atoms with E-state index >= 15 is 0 Å². The second-order valence-corrected chi connectivity index (χ2v) is 13.6. The van der Waals surface area contributed by atoms with Gasteiger partial charge < -0.3 is 15.1 Å². The van der Waals surface area contributed by atoms with Gasteiger partial charge in [0.05, 0.1) is 16.9 Å². The summed E-state index contributed by atoms with van der Waals surface area (Å²) < 4.78 is 8.44. The molecule has 0 atom stereocenters. The number of hydrogen-bond donors (Lipinski definition) is 1. The van der Waals surface area contributed by atoms with E-state index in [2.05, 4.69) is 49.9 Å². The van der Waals surface area contributed by atoms with E-state index in [1.807, 2.05) is 24.0 Å². The van der Waals surface area contributed by atoms with Crippen molar-refractivity contribution in [2.24, 2.45) is 7.05 Å². The van der Waals surface area contributed by atoms with Gasteiger partial charge in [-0.15, -0.1) is 0 Å². The zero-order valence-corrected chi connectivity index (χ0v) is 17.5. The molecule has 0 amide bonds. The number of hydrogen-bond acceptors (Lipinski definition) is 4. The van der Waals surface area contributed by atoms with E-state index in [4.69, 9.17) is 10.2 Å². The number of nitrogens with zero attached hydrogens (tertiary/aromatic N) is 3. The van der Waals surface area contributed by atoms with E-state index in [9.17, 15) is 0 Å². The molecule has 1 aliphatic rings. The molecule has 0 spiro atoms. The van der Waals surface area contributed by atoms with Gasteiger partial charge in [0.1, 0.15) is 0 Å². The molecular formula is C19H32N4OSi. The molecule has 0 unspecified atom stereocenters. The molecule has 0 bridgehead atoms. The third kappa shape index (κ3) is 3.70. The van der Waals surface area contributed by atoms with Crippen LogP contribution in [0.15, 0.2) is 18.3 Å². The zero-order valence-electron chi connectivity index (χ0n) is 16.5. The van der Waals surface area contributed by atoms with Crippen LogP contribution in [0.4, 0.5) is 11.4 Å². The molecule has 0 aliphatic carbocycles. The van der Waals surface area contributed by atoms with Gasteiger partial charge in [-0.05, 0) is 43.1 Å². The van der Waals surface area contributed by atoms with Crippen LogP contribution in [0.5, 0.6) is 0 Å². The Morgan fingerprint density at radius 1 is 1.20 bits per heavy atom. The predicted octanol–water partition coefficient (Wildman–Crippen LogP) is 4.15. The first-order valence-electron chi connectivity index (χ1n) is 9.22. The summed E-state index contributed by atoms with van der Waals surface area (Å²) >= 11 is 0. The van der Waals surface area contributed by atoms with Crippen LogP contribution >= 0.6 is 0 Å². The van der Waals surface area contributed by atoms with Crippen molar-refractivity contribution in [2.45, 2.75) is 57.8 Å². The maximum Gasteiger partial charge on any atom is 0.192 e. The van der Waals surface area contributed by atoms with E-state index in [1.165, 1.54) is 0 Å². The van der Waals surface area contributed by atoms with Crippen molar-refractivity contribution in [3.63, 3.8) is 0 Å². The molecule has 1 aliphatic heterocycles. The number of aryl methyl sites for hydroxylation is 1. The maximum absolute atomic E-state index is 6.60. The molecule has 0 radical (unpaired) electrons. The first kappa shape index (κ1) is 18.3. The summed E-state index contributed by atoms with van der Waals surface area (Å²) in [7, 11) is 0.252. The fourth-order valence-corrected chi connectivity index (χ4v) is 4.70. The molecule has 2 heterocycles. The summed E-state index contributed by atoms with van der Waals surface area (Å²) in [6.45, 7) is 13.6. The Kier molecular flexibility index (Phi) is 4.62. The fourth-order valence-electron chi connectivity index (χ4n) is 3.28. The highest BCUT2D eigenvalue weighted by Gasteiger charge is 2.39. The zero-order chi connectivity index (χ0) is 18.4. The SMILES string of the molecule is Cn1cc2cc(N3CCC(O[Si](C)(C)C(C)(C)C)CC3)c(N)cc2n1. The van der Waals surface area contributed by atoms with Gasteiger partial charge in [0.25, 0.3) is 0 Å². The number of fused-ring (bicyclic) bond motifs is 1. The molecule has 1 fully saturated rings. The van der Waals surface area contributed by atoms with E-state index < -0.39 is 8.32 Å². The number of nitrogen functional groups attached to an aromatic ring is 1. The van der Waals surface area contributed by atoms with Gasteiger partial charge in [0.2, 0.25) is 0 Å². The molecule has 2 aromatic rings. The number of anilines is 2.